The zero-order valence-corrected chi connectivity index (χ0v) is 19.9. The van der Waals surface area contributed by atoms with Crippen molar-refractivity contribution in [3.63, 3.8) is 0 Å². The van der Waals surface area contributed by atoms with E-state index in [-0.39, 0.29) is 11.5 Å². The highest BCUT2D eigenvalue weighted by atomic mass is 16.5. The van der Waals surface area contributed by atoms with Gasteiger partial charge in [-0.25, -0.2) is 0 Å². The van der Waals surface area contributed by atoms with Crippen molar-refractivity contribution in [1.82, 2.24) is 5.32 Å². The third-order valence-electron chi connectivity index (χ3n) is 6.29. The van der Waals surface area contributed by atoms with Crippen molar-refractivity contribution < 1.29 is 14.9 Å². The van der Waals surface area contributed by atoms with Crippen LogP contribution in [0.4, 0.5) is 0 Å². The average molecular weight is 456 g/mol. The third-order valence-corrected chi connectivity index (χ3v) is 6.29. The van der Waals surface area contributed by atoms with Gasteiger partial charge in [0.1, 0.15) is 17.2 Å². The second-order valence-corrected chi connectivity index (χ2v) is 8.83. The van der Waals surface area contributed by atoms with Crippen LogP contribution < -0.4 is 10.1 Å². The molecule has 4 rings (SSSR count). The number of aromatic hydroxyl groups is 2. The molecule has 0 bridgehead atoms. The van der Waals surface area contributed by atoms with Crippen LogP contribution in [-0.2, 0) is 6.42 Å². The first-order valence-electron chi connectivity index (χ1n) is 12.0. The zero-order chi connectivity index (χ0) is 23.9. The molecular weight excluding hydrogens is 422 g/mol. The highest BCUT2D eigenvalue weighted by Gasteiger charge is 2.12. The molecule has 0 aliphatic heterocycles. The van der Waals surface area contributed by atoms with Gasteiger partial charge in [0.25, 0.3) is 0 Å². The molecule has 0 aliphatic rings. The number of phenols is 2. The number of ether oxygens (including phenoxy) is 1. The number of benzene rings is 4. The summed E-state index contributed by atoms with van der Waals surface area (Å²) in [5, 5.41) is 25.3. The molecule has 176 valence electrons. The Morgan fingerprint density at radius 3 is 2.32 bits per heavy atom. The maximum absolute atomic E-state index is 9.96. The normalized spacial score (nSPS) is 12.1. The summed E-state index contributed by atoms with van der Waals surface area (Å²) in [4.78, 5) is 0. The van der Waals surface area contributed by atoms with Crippen LogP contribution in [0.25, 0.3) is 21.9 Å². The molecule has 34 heavy (non-hydrogen) atoms. The standard InChI is InChI=1S/C30H33NO3/c1-3-21(2)31-17-4-18-34-27-13-5-22(6-14-27)19-30-28(23-7-10-25(32)11-8-23)15-9-24-20-26(33)12-16-29(24)30/h5-16,20-21,31-33H,3-4,17-19H2,1-2H3. The number of hydrogen-bond donors (Lipinski definition) is 3. The maximum Gasteiger partial charge on any atom is 0.119 e. The first kappa shape index (κ1) is 23.7. The Morgan fingerprint density at radius 2 is 1.59 bits per heavy atom. The van der Waals surface area contributed by atoms with Crippen molar-refractivity contribution in [2.45, 2.75) is 39.2 Å². The van der Waals surface area contributed by atoms with Crippen molar-refractivity contribution in [3.05, 3.63) is 90.0 Å². The van der Waals surface area contributed by atoms with Crippen molar-refractivity contribution in [2.24, 2.45) is 0 Å². The molecule has 0 spiro atoms. The van der Waals surface area contributed by atoms with Crippen molar-refractivity contribution in [3.8, 4) is 28.4 Å². The van der Waals surface area contributed by atoms with Crippen molar-refractivity contribution in [1.29, 1.82) is 0 Å². The number of hydrogen-bond acceptors (Lipinski definition) is 4. The summed E-state index contributed by atoms with van der Waals surface area (Å²) in [6.07, 6.45) is 2.86. The molecule has 1 unspecified atom stereocenters. The fourth-order valence-corrected chi connectivity index (χ4v) is 4.15. The van der Waals surface area contributed by atoms with Gasteiger partial charge in [0, 0.05) is 6.04 Å². The first-order chi connectivity index (χ1) is 16.5. The molecule has 4 aromatic rings. The molecule has 0 amide bonds. The lowest BCUT2D eigenvalue weighted by Gasteiger charge is -2.15. The van der Waals surface area contributed by atoms with E-state index in [1.807, 2.05) is 36.4 Å². The van der Waals surface area contributed by atoms with E-state index >= 15 is 0 Å². The minimum absolute atomic E-state index is 0.252. The van der Waals surface area contributed by atoms with Crippen LogP contribution in [0.1, 0.15) is 37.8 Å². The van der Waals surface area contributed by atoms with Crippen molar-refractivity contribution in [2.75, 3.05) is 13.2 Å². The van der Waals surface area contributed by atoms with E-state index in [4.69, 9.17) is 4.74 Å². The summed E-state index contributed by atoms with van der Waals surface area (Å²) in [6.45, 7) is 6.04. The highest BCUT2D eigenvalue weighted by Crippen LogP contribution is 2.34. The quantitative estimate of drug-likeness (QED) is 0.234. The van der Waals surface area contributed by atoms with Gasteiger partial charge in [-0.1, -0.05) is 49.4 Å². The smallest absolute Gasteiger partial charge is 0.119 e. The molecule has 0 aliphatic carbocycles. The monoisotopic (exact) mass is 455 g/mol. The van der Waals surface area contributed by atoms with E-state index < -0.39 is 0 Å². The van der Waals surface area contributed by atoms with E-state index in [0.29, 0.717) is 12.6 Å². The average Bonchev–Trinajstić information content (AvgIpc) is 2.85. The summed E-state index contributed by atoms with van der Waals surface area (Å²) in [5.41, 5.74) is 4.54. The molecule has 0 saturated carbocycles. The molecule has 0 saturated heterocycles. The Hall–Kier alpha value is -3.50. The van der Waals surface area contributed by atoms with Crippen LogP contribution in [0.15, 0.2) is 78.9 Å². The molecule has 0 fully saturated rings. The van der Waals surface area contributed by atoms with E-state index in [1.165, 1.54) is 11.1 Å². The summed E-state index contributed by atoms with van der Waals surface area (Å²) in [7, 11) is 0. The Labute approximate surface area is 201 Å². The molecule has 0 aromatic heterocycles. The summed E-state index contributed by atoms with van der Waals surface area (Å²) < 4.78 is 5.92. The van der Waals surface area contributed by atoms with Gasteiger partial charge in [0.2, 0.25) is 0 Å². The van der Waals surface area contributed by atoms with Crippen LogP contribution in [0.2, 0.25) is 0 Å². The molecule has 4 aromatic carbocycles. The number of rotatable bonds is 10. The summed E-state index contributed by atoms with van der Waals surface area (Å²) in [5.74, 6) is 1.40. The van der Waals surface area contributed by atoms with Gasteiger partial charge < -0.3 is 20.3 Å². The van der Waals surface area contributed by atoms with Gasteiger partial charge in [0.15, 0.2) is 0 Å². The van der Waals surface area contributed by atoms with Gasteiger partial charge in [0.05, 0.1) is 6.61 Å². The van der Waals surface area contributed by atoms with Crippen molar-refractivity contribution >= 4 is 10.8 Å². The number of nitrogens with one attached hydrogen (secondary N) is 1. The molecule has 0 radical (unpaired) electrons. The fraction of sp³-hybridized carbons (Fsp3) is 0.267. The largest absolute Gasteiger partial charge is 0.508 e. The molecular formula is C30H33NO3. The lowest BCUT2D eigenvalue weighted by molar-refractivity contribution is 0.305. The number of fused-ring (bicyclic) bond motifs is 1. The SMILES string of the molecule is CCC(C)NCCCOc1ccc(Cc2c(-c3ccc(O)cc3)ccc3cc(O)ccc23)cc1. The lowest BCUT2D eigenvalue weighted by atomic mass is 9.90. The maximum atomic E-state index is 9.96. The van der Waals surface area contributed by atoms with Crippen LogP contribution in [-0.4, -0.2) is 29.4 Å². The summed E-state index contributed by atoms with van der Waals surface area (Å²) in [6, 6.07) is 25.8. The fourth-order valence-electron chi connectivity index (χ4n) is 4.15. The Bertz CT molecular complexity index is 1220. The zero-order valence-electron chi connectivity index (χ0n) is 19.9. The van der Waals surface area contributed by atoms with E-state index in [0.717, 1.165) is 53.5 Å². The molecule has 4 nitrogen and oxygen atoms in total. The van der Waals surface area contributed by atoms with E-state index in [9.17, 15) is 10.2 Å². The molecule has 1 atom stereocenters. The van der Waals surface area contributed by atoms with Crippen LogP contribution in [0.5, 0.6) is 17.2 Å². The summed E-state index contributed by atoms with van der Waals surface area (Å²) >= 11 is 0. The van der Waals surface area contributed by atoms with E-state index in [2.05, 4.69) is 37.4 Å². The van der Waals surface area contributed by atoms with Gasteiger partial charge >= 0.3 is 0 Å². The molecule has 0 heterocycles. The Balaban J connectivity index is 1.52. The first-order valence-corrected chi connectivity index (χ1v) is 12.0. The van der Waals surface area contributed by atoms with Gasteiger partial charge in [-0.3, -0.25) is 0 Å². The minimum Gasteiger partial charge on any atom is -0.508 e. The number of phenolic OH excluding ortho intramolecular Hbond substituents is 2. The second kappa shape index (κ2) is 11.1. The van der Waals surface area contributed by atoms with Crippen LogP contribution in [0, 0.1) is 0 Å². The molecule has 3 N–H and O–H groups in total. The Morgan fingerprint density at radius 1 is 0.853 bits per heavy atom. The Kier molecular flexibility index (Phi) is 7.71. The third kappa shape index (κ3) is 5.89. The van der Waals surface area contributed by atoms with Gasteiger partial charge in [-0.2, -0.15) is 0 Å². The predicted molar refractivity (Wildman–Crippen MR) is 140 cm³/mol. The lowest BCUT2D eigenvalue weighted by Crippen LogP contribution is -2.27. The topological polar surface area (TPSA) is 61.7 Å². The predicted octanol–water partition coefficient (Wildman–Crippen LogP) is 6.67. The second-order valence-electron chi connectivity index (χ2n) is 8.83. The van der Waals surface area contributed by atoms with Crippen LogP contribution in [0.3, 0.4) is 0 Å². The van der Waals surface area contributed by atoms with Crippen LogP contribution >= 0.6 is 0 Å². The van der Waals surface area contributed by atoms with Gasteiger partial charge in [-0.05, 0) is 102 Å². The molecule has 4 heteroatoms. The highest BCUT2D eigenvalue weighted by molar-refractivity contribution is 5.93. The van der Waals surface area contributed by atoms with E-state index in [1.54, 1.807) is 24.3 Å². The minimum atomic E-state index is 0.252. The van der Waals surface area contributed by atoms with Gasteiger partial charge in [-0.15, -0.1) is 0 Å².